The first-order chi connectivity index (χ1) is 18.9. The van der Waals surface area contributed by atoms with Crippen molar-refractivity contribution in [2.24, 2.45) is 5.92 Å². The molecule has 3 aliphatic rings. The summed E-state index contributed by atoms with van der Waals surface area (Å²) in [5, 5.41) is 10.3. The third-order valence-corrected chi connectivity index (χ3v) is 9.54. The van der Waals surface area contributed by atoms with Crippen molar-refractivity contribution in [3.05, 3.63) is 55.7 Å². The lowest BCUT2D eigenvalue weighted by atomic mass is 9.76. The number of rotatable bonds is 7. The maximum Gasteiger partial charge on any atom is 0.222 e. The van der Waals surface area contributed by atoms with E-state index < -0.39 is 0 Å². The molecule has 0 spiro atoms. The molecule has 1 N–H and O–H groups in total. The van der Waals surface area contributed by atoms with Gasteiger partial charge in [-0.25, -0.2) is 0 Å². The van der Waals surface area contributed by atoms with Crippen molar-refractivity contribution >= 4 is 43.7 Å². The topological polar surface area (TPSA) is 83.0 Å². The van der Waals surface area contributed by atoms with Gasteiger partial charge in [-0.3, -0.25) is 14.6 Å². The lowest BCUT2D eigenvalue weighted by molar-refractivity contribution is -0.135. The molecular weight excluding hydrogens is 626 g/mol. The number of fused-ring (bicyclic) bond motifs is 2. The number of phenolic OH excluding ortho intramolecular Hbond substituents is 1. The second-order valence-electron chi connectivity index (χ2n) is 10.9. The molecule has 2 aliphatic heterocycles. The fourth-order valence-electron chi connectivity index (χ4n) is 6.39. The molecule has 3 heterocycles. The van der Waals surface area contributed by atoms with Crippen molar-refractivity contribution < 1.29 is 19.4 Å². The Bertz CT molecular complexity index is 1190. The van der Waals surface area contributed by atoms with Gasteiger partial charge < -0.3 is 19.6 Å². The molecule has 0 unspecified atom stereocenters. The number of aryl methyl sites for hydroxylation is 2. The molecule has 1 aromatic heterocycles. The molecule has 2 fully saturated rings. The van der Waals surface area contributed by atoms with Gasteiger partial charge in [0.15, 0.2) is 0 Å². The number of unbranched alkanes of at least 4 members (excludes halogenated alkanes) is 2. The van der Waals surface area contributed by atoms with E-state index in [4.69, 9.17) is 9.72 Å². The number of pyridine rings is 1. The summed E-state index contributed by atoms with van der Waals surface area (Å²) in [4.78, 5) is 34.1. The number of likely N-dealkylation sites (tertiary alicyclic amines) is 1. The van der Waals surface area contributed by atoms with E-state index in [1.165, 1.54) is 16.7 Å². The molecule has 9 heteroatoms. The molecule has 2 saturated heterocycles. The first-order valence-corrected chi connectivity index (χ1v) is 15.8. The van der Waals surface area contributed by atoms with E-state index in [9.17, 15) is 14.7 Å². The van der Waals surface area contributed by atoms with Crippen LogP contribution < -0.4 is 0 Å². The zero-order chi connectivity index (χ0) is 27.4. The summed E-state index contributed by atoms with van der Waals surface area (Å²) in [7, 11) is 0. The number of morpholine rings is 1. The molecule has 0 bridgehead atoms. The maximum absolute atomic E-state index is 13.0. The number of halogens is 2. The van der Waals surface area contributed by atoms with Crippen LogP contribution in [0.5, 0.6) is 5.75 Å². The quantitative estimate of drug-likeness (QED) is 0.391. The Morgan fingerprint density at radius 2 is 1.54 bits per heavy atom. The number of aromatic hydroxyl groups is 1. The van der Waals surface area contributed by atoms with Crippen LogP contribution in [0.25, 0.3) is 0 Å². The van der Waals surface area contributed by atoms with E-state index in [2.05, 4.69) is 37.9 Å². The minimum absolute atomic E-state index is 0.127. The summed E-state index contributed by atoms with van der Waals surface area (Å²) in [5.41, 5.74) is 4.78. The lowest BCUT2D eigenvalue weighted by Crippen LogP contribution is -2.40. The summed E-state index contributed by atoms with van der Waals surface area (Å²) in [6.45, 7) is 4.16. The van der Waals surface area contributed by atoms with Crippen LogP contribution >= 0.6 is 31.9 Å². The van der Waals surface area contributed by atoms with Crippen LogP contribution in [0.2, 0.25) is 0 Å². The zero-order valence-electron chi connectivity index (χ0n) is 22.3. The SMILES string of the molecule is O=C(CCCCCC(=O)N1CCC([C@H]2c3ncc(Br)cc3CCc3cc(O)cc(Br)c32)CC1)N1CCOCC1. The van der Waals surface area contributed by atoms with Crippen LogP contribution in [-0.2, 0) is 27.2 Å². The fraction of sp³-hybridized carbons (Fsp3) is 0.567. The number of hydrogen-bond donors (Lipinski definition) is 1. The molecule has 1 aliphatic carbocycles. The third kappa shape index (κ3) is 6.85. The summed E-state index contributed by atoms with van der Waals surface area (Å²) in [6, 6.07) is 5.88. The summed E-state index contributed by atoms with van der Waals surface area (Å²) in [6.07, 6.45) is 9.15. The van der Waals surface area contributed by atoms with Gasteiger partial charge in [-0.1, -0.05) is 22.4 Å². The van der Waals surface area contributed by atoms with Gasteiger partial charge >= 0.3 is 0 Å². The Morgan fingerprint density at radius 1 is 0.897 bits per heavy atom. The Kier molecular flexibility index (Phi) is 9.61. The predicted octanol–water partition coefficient (Wildman–Crippen LogP) is 5.59. The van der Waals surface area contributed by atoms with Gasteiger partial charge in [0, 0.05) is 60.1 Å². The van der Waals surface area contributed by atoms with Gasteiger partial charge in [0.05, 0.1) is 18.9 Å². The lowest BCUT2D eigenvalue weighted by Gasteiger charge is -2.37. The number of piperidine rings is 1. The predicted molar refractivity (Wildman–Crippen MR) is 157 cm³/mol. The second-order valence-corrected chi connectivity index (χ2v) is 12.7. The van der Waals surface area contributed by atoms with Crippen molar-refractivity contribution in [2.75, 3.05) is 39.4 Å². The normalized spacial score (nSPS) is 19.8. The first-order valence-electron chi connectivity index (χ1n) is 14.2. The van der Waals surface area contributed by atoms with Gasteiger partial charge in [-0.2, -0.15) is 0 Å². The van der Waals surface area contributed by atoms with Crippen molar-refractivity contribution in [3.8, 4) is 5.75 Å². The minimum atomic E-state index is 0.127. The number of amides is 2. The van der Waals surface area contributed by atoms with E-state index in [-0.39, 0.29) is 23.5 Å². The molecule has 7 nitrogen and oxygen atoms in total. The van der Waals surface area contributed by atoms with Crippen LogP contribution in [0.4, 0.5) is 0 Å². The van der Waals surface area contributed by atoms with Gasteiger partial charge in [-0.15, -0.1) is 0 Å². The van der Waals surface area contributed by atoms with Crippen LogP contribution in [0.1, 0.15) is 73.2 Å². The third-order valence-electron chi connectivity index (χ3n) is 8.45. The van der Waals surface area contributed by atoms with Crippen LogP contribution in [0, 0.1) is 5.92 Å². The molecule has 0 radical (unpaired) electrons. The Morgan fingerprint density at radius 3 is 2.23 bits per heavy atom. The van der Waals surface area contributed by atoms with Gasteiger partial charge in [0.25, 0.3) is 0 Å². The summed E-state index contributed by atoms with van der Waals surface area (Å²) in [5.74, 6) is 1.21. The fourth-order valence-corrected chi connectivity index (χ4v) is 7.51. The first kappa shape index (κ1) is 28.6. The number of carbonyl (C=O) groups excluding carboxylic acids is 2. The van der Waals surface area contributed by atoms with Crippen LogP contribution in [0.15, 0.2) is 33.3 Å². The largest absolute Gasteiger partial charge is 0.508 e. The van der Waals surface area contributed by atoms with Crippen LogP contribution in [-0.4, -0.2) is 71.1 Å². The molecule has 0 saturated carbocycles. The van der Waals surface area contributed by atoms with E-state index in [1.54, 1.807) is 6.07 Å². The number of hydrogen-bond acceptors (Lipinski definition) is 5. The average Bonchev–Trinajstić information content (AvgIpc) is 3.10. The number of nitrogens with zero attached hydrogens (tertiary/aromatic N) is 3. The van der Waals surface area contributed by atoms with Gasteiger partial charge in [0.2, 0.25) is 11.8 Å². The van der Waals surface area contributed by atoms with Crippen molar-refractivity contribution in [2.45, 2.75) is 63.7 Å². The molecule has 1 atom stereocenters. The van der Waals surface area contributed by atoms with E-state index in [0.717, 1.165) is 72.7 Å². The monoisotopic (exact) mass is 661 g/mol. The molecule has 210 valence electrons. The minimum Gasteiger partial charge on any atom is -0.508 e. The molecule has 2 aromatic rings. The summed E-state index contributed by atoms with van der Waals surface area (Å²) < 4.78 is 7.24. The Balaban J connectivity index is 1.17. The standard InChI is InChI=1S/C30H37Br2N3O4/c31-23-16-22-7-6-21-17-24(36)18-25(32)28(21)29(30(22)33-19-23)20-8-10-34(11-9-20)26(37)4-2-1-3-5-27(38)35-12-14-39-15-13-35/h16-20,29,36H,1-15H2/t29-/m1/s1. The van der Waals surface area contributed by atoms with Crippen molar-refractivity contribution in [3.63, 3.8) is 0 Å². The van der Waals surface area contributed by atoms with Gasteiger partial charge in [-0.05, 0) is 95.3 Å². The highest BCUT2D eigenvalue weighted by molar-refractivity contribution is 9.10. The second kappa shape index (κ2) is 13.1. The average molecular weight is 663 g/mol. The van der Waals surface area contributed by atoms with Crippen molar-refractivity contribution in [1.29, 1.82) is 0 Å². The molecule has 2 amide bonds. The van der Waals surface area contributed by atoms with Gasteiger partial charge in [0.1, 0.15) is 5.75 Å². The highest BCUT2D eigenvalue weighted by Crippen LogP contribution is 2.46. The highest BCUT2D eigenvalue weighted by atomic mass is 79.9. The maximum atomic E-state index is 13.0. The Labute approximate surface area is 247 Å². The van der Waals surface area contributed by atoms with E-state index in [1.807, 2.05) is 22.1 Å². The molecule has 39 heavy (non-hydrogen) atoms. The van der Waals surface area contributed by atoms with E-state index in [0.29, 0.717) is 45.1 Å². The number of phenols is 1. The highest BCUT2D eigenvalue weighted by Gasteiger charge is 2.36. The smallest absolute Gasteiger partial charge is 0.222 e. The number of aromatic nitrogens is 1. The Hall–Kier alpha value is -1.97. The molecule has 1 aromatic carbocycles. The zero-order valence-corrected chi connectivity index (χ0v) is 25.5. The summed E-state index contributed by atoms with van der Waals surface area (Å²) >= 11 is 7.35. The molecular formula is C30H37Br2N3O4. The van der Waals surface area contributed by atoms with E-state index >= 15 is 0 Å². The van der Waals surface area contributed by atoms with Crippen LogP contribution in [0.3, 0.4) is 0 Å². The van der Waals surface area contributed by atoms with Crippen molar-refractivity contribution in [1.82, 2.24) is 14.8 Å². The molecule has 5 rings (SSSR count). The number of ether oxygens (including phenoxy) is 1. The number of benzene rings is 1. The number of carbonyl (C=O) groups is 2.